The second-order valence-corrected chi connectivity index (χ2v) is 3.88. The molecule has 0 unspecified atom stereocenters. The lowest BCUT2D eigenvalue weighted by Crippen LogP contribution is -2.43. The number of carbonyl (C=O) groups is 2. The van der Waals surface area contributed by atoms with Crippen LogP contribution < -0.4 is 10.6 Å². The number of alkyl carbamates (subject to hydrolysis) is 1. The molecule has 2 N–H and O–H groups in total. The molecule has 2 amide bonds. The third-order valence-corrected chi connectivity index (χ3v) is 2.64. The van der Waals surface area contributed by atoms with Gasteiger partial charge in [-0.25, -0.2) is 4.79 Å². The zero-order valence-corrected chi connectivity index (χ0v) is 9.21. The van der Waals surface area contributed by atoms with E-state index in [0.717, 1.165) is 25.7 Å². The van der Waals surface area contributed by atoms with Crippen LogP contribution in [0.4, 0.5) is 4.79 Å². The van der Waals surface area contributed by atoms with Crippen molar-refractivity contribution < 1.29 is 14.3 Å². The predicted octanol–water partition coefficient (Wildman–Crippen LogP) is 0.790. The molecule has 0 aromatic carbocycles. The number of rotatable bonds is 2. The van der Waals surface area contributed by atoms with E-state index in [1.54, 1.807) is 0 Å². The minimum Gasteiger partial charge on any atom is -0.453 e. The molecule has 5 nitrogen and oxygen atoms in total. The Kier molecular flexibility index (Phi) is 4.39. The van der Waals surface area contributed by atoms with Gasteiger partial charge in [0.05, 0.1) is 7.11 Å². The van der Waals surface area contributed by atoms with Crippen LogP contribution in [0.25, 0.3) is 0 Å². The van der Waals surface area contributed by atoms with Crippen molar-refractivity contribution >= 4 is 12.0 Å². The third-order valence-electron chi connectivity index (χ3n) is 2.64. The minimum atomic E-state index is -0.377. The van der Waals surface area contributed by atoms with Crippen LogP contribution in [-0.2, 0) is 9.53 Å². The lowest BCUT2D eigenvalue weighted by molar-refractivity contribution is -0.119. The number of amides is 2. The van der Waals surface area contributed by atoms with E-state index in [4.69, 9.17) is 0 Å². The van der Waals surface area contributed by atoms with Crippen LogP contribution >= 0.6 is 0 Å². The van der Waals surface area contributed by atoms with Crippen LogP contribution in [0.2, 0.25) is 0 Å². The lowest BCUT2D eigenvalue weighted by Gasteiger charge is -2.28. The summed E-state index contributed by atoms with van der Waals surface area (Å²) in [6.45, 7) is 1.53. The van der Waals surface area contributed by atoms with Crippen LogP contribution in [-0.4, -0.2) is 31.2 Å². The van der Waals surface area contributed by atoms with Gasteiger partial charge in [-0.2, -0.15) is 0 Å². The van der Waals surface area contributed by atoms with Crippen molar-refractivity contribution in [3.63, 3.8) is 0 Å². The second kappa shape index (κ2) is 5.58. The highest BCUT2D eigenvalue weighted by Gasteiger charge is 2.22. The average Bonchev–Trinajstić information content (AvgIpc) is 2.20. The molecule has 0 radical (unpaired) electrons. The Balaban J connectivity index is 2.23. The van der Waals surface area contributed by atoms with Gasteiger partial charge in [-0.3, -0.25) is 4.79 Å². The molecule has 1 aliphatic carbocycles. The molecule has 0 aromatic rings. The van der Waals surface area contributed by atoms with Gasteiger partial charge in [-0.15, -0.1) is 0 Å². The molecule has 0 spiro atoms. The van der Waals surface area contributed by atoms with Gasteiger partial charge < -0.3 is 15.4 Å². The van der Waals surface area contributed by atoms with Gasteiger partial charge in [0, 0.05) is 19.0 Å². The van der Waals surface area contributed by atoms with Crippen LogP contribution in [0.15, 0.2) is 0 Å². The highest BCUT2D eigenvalue weighted by molar-refractivity contribution is 5.73. The summed E-state index contributed by atoms with van der Waals surface area (Å²) in [6.07, 6.45) is 3.22. The molecule has 0 heterocycles. The largest absolute Gasteiger partial charge is 0.453 e. The smallest absolute Gasteiger partial charge is 0.407 e. The van der Waals surface area contributed by atoms with E-state index in [1.807, 2.05) is 0 Å². The Morgan fingerprint density at radius 1 is 1.07 bits per heavy atom. The second-order valence-electron chi connectivity index (χ2n) is 3.88. The lowest BCUT2D eigenvalue weighted by atomic mass is 9.91. The molecule has 15 heavy (non-hydrogen) atoms. The van der Waals surface area contributed by atoms with E-state index in [1.165, 1.54) is 14.0 Å². The minimum absolute atomic E-state index is 0.0133. The Labute approximate surface area is 89.6 Å². The van der Waals surface area contributed by atoms with Gasteiger partial charge in [0.1, 0.15) is 0 Å². The standard InChI is InChI=1S/C10H18N2O3/c1-7(13)11-8-3-5-9(6-4-8)12-10(14)15-2/h8-9H,3-6H2,1-2H3,(H,11,13)(H,12,14)/t8-,9-. The maximum atomic E-state index is 10.9. The monoisotopic (exact) mass is 214 g/mol. The first kappa shape index (κ1) is 11.8. The van der Waals surface area contributed by atoms with Gasteiger partial charge in [-0.05, 0) is 25.7 Å². The van der Waals surface area contributed by atoms with Crippen LogP contribution in [0.5, 0.6) is 0 Å². The normalized spacial score (nSPS) is 25.5. The Bertz CT molecular complexity index is 235. The number of hydrogen-bond donors (Lipinski definition) is 2. The number of hydrogen-bond acceptors (Lipinski definition) is 3. The molecular weight excluding hydrogens is 196 g/mol. The average molecular weight is 214 g/mol. The van der Waals surface area contributed by atoms with E-state index in [-0.39, 0.29) is 24.1 Å². The summed E-state index contributed by atoms with van der Waals surface area (Å²) >= 11 is 0. The maximum Gasteiger partial charge on any atom is 0.407 e. The molecule has 5 heteroatoms. The summed E-state index contributed by atoms with van der Waals surface area (Å²) in [5.41, 5.74) is 0. The van der Waals surface area contributed by atoms with Gasteiger partial charge in [0.15, 0.2) is 0 Å². The third kappa shape index (κ3) is 4.18. The number of methoxy groups -OCH3 is 1. The Hall–Kier alpha value is -1.26. The highest BCUT2D eigenvalue weighted by atomic mass is 16.5. The van der Waals surface area contributed by atoms with Crippen molar-refractivity contribution in [3.8, 4) is 0 Å². The molecule has 0 aliphatic heterocycles. The molecule has 0 bridgehead atoms. The van der Waals surface area contributed by atoms with Crippen LogP contribution in [0, 0.1) is 0 Å². The fraction of sp³-hybridized carbons (Fsp3) is 0.800. The predicted molar refractivity (Wildman–Crippen MR) is 55.4 cm³/mol. The van der Waals surface area contributed by atoms with Crippen molar-refractivity contribution in [3.05, 3.63) is 0 Å². The topological polar surface area (TPSA) is 67.4 Å². The number of ether oxygens (including phenoxy) is 1. The summed E-state index contributed by atoms with van der Waals surface area (Å²) in [6, 6.07) is 0.445. The fourth-order valence-electron chi connectivity index (χ4n) is 1.90. The Morgan fingerprint density at radius 2 is 1.53 bits per heavy atom. The first-order chi connectivity index (χ1) is 7.11. The van der Waals surface area contributed by atoms with Crippen molar-refractivity contribution in [2.24, 2.45) is 0 Å². The van der Waals surface area contributed by atoms with E-state index >= 15 is 0 Å². The van der Waals surface area contributed by atoms with Crippen molar-refractivity contribution in [2.75, 3.05) is 7.11 Å². The molecule has 1 rings (SSSR count). The van der Waals surface area contributed by atoms with E-state index in [9.17, 15) is 9.59 Å². The van der Waals surface area contributed by atoms with Crippen molar-refractivity contribution in [1.82, 2.24) is 10.6 Å². The summed E-state index contributed by atoms with van der Waals surface area (Å²) in [4.78, 5) is 21.8. The van der Waals surface area contributed by atoms with Gasteiger partial charge in [0.2, 0.25) is 5.91 Å². The molecular formula is C10H18N2O3. The number of nitrogens with one attached hydrogen (secondary N) is 2. The first-order valence-electron chi connectivity index (χ1n) is 5.23. The highest BCUT2D eigenvalue weighted by Crippen LogP contribution is 2.18. The molecule has 0 atom stereocenters. The van der Waals surface area contributed by atoms with Gasteiger partial charge in [0.25, 0.3) is 0 Å². The quantitative estimate of drug-likeness (QED) is 0.714. The maximum absolute atomic E-state index is 10.9. The molecule has 1 aliphatic rings. The summed E-state index contributed by atoms with van der Waals surface area (Å²) in [5.74, 6) is 0.0133. The molecule has 0 saturated heterocycles. The molecule has 1 saturated carbocycles. The van der Waals surface area contributed by atoms with Crippen LogP contribution in [0.1, 0.15) is 32.6 Å². The SMILES string of the molecule is COC(=O)N[C@H]1CC[C@H](NC(C)=O)CC1. The fourth-order valence-corrected chi connectivity index (χ4v) is 1.90. The van der Waals surface area contributed by atoms with Gasteiger partial charge in [-0.1, -0.05) is 0 Å². The Morgan fingerprint density at radius 3 is 1.93 bits per heavy atom. The molecule has 86 valence electrons. The van der Waals surface area contributed by atoms with Crippen LogP contribution in [0.3, 0.4) is 0 Å². The van der Waals surface area contributed by atoms with E-state index in [2.05, 4.69) is 15.4 Å². The van der Waals surface area contributed by atoms with Crippen molar-refractivity contribution in [1.29, 1.82) is 0 Å². The zero-order chi connectivity index (χ0) is 11.3. The van der Waals surface area contributed by atoms with E-state index in [0.29, 0.717) is 0 Å². The summed E-state index contributed by atoms with van der Waals surface area (Å²) in [5, 5.41) is 5.66. The molecule has 0 aromatic heterocycles. The summed E-state index contributed by atoms with van der Waals surface area (Å²) < 4.78 is 4.52. The van der Waals surface area contributed by atoms with E-state index < -0.39 is 0 Å². The molecule has 1 fully saturated rings. The number of carbonyl (C=O) groups excluding carboxylic acids is 2. The summed E-state index contributed by atoms with van der Waals surface area (Å²) in [7, 11) is 1.36. The van der Waals surface area contributed by atoms with Crippen molar-refractivity contribution in [2.45, 2.75) is 44.7 Å². The van der Waals surface area contributed by atoms with Gasteiger partial charge >= 0.3 is 6.09 Å². The first-order valence-corrected chi connectivity index (χ1v) is 5.23. The zero-order valence-electron chi connectivity index (χ0n) is 9.21.